The summed E-state index contributed by atoms with van der Waals surface area (Å²) < 4.78 is 84.0. The van der Waals surface area contributed by atoms with Gasteiger partial charge in [-0.25, -0.2) is 4.39 Å². The van der Waals surface area contributed by atoms with E-state index in [4.69, 9.17) is 0 Å². The second-order valence-corrected chi connectivity index (χ2v) is 6.58. The summed E-state index contributed by atoms with van der Waals surface area (Å²) in [6, 6.07) is 8.22. The predicted octanol–water partition coefficient (Wildman–Crippen LogP) is 6.89. The summed E-state index contributed by atoms with van der Waals surface area (Å²) in [5.41, 5.74) is -0.576. The SMILES string of the molecule is CCCCCc1ccc(C(F)(F)OCCc2ccc(C(F)(F)F)c(F)c2)cc1. The van der Waals surface area contributed by atoms with Crippen molar-refractivity contribution in [2.75, 3.05) is 6.61 Å². The first-order valence-corrected chi connectivity index (χ1v) is 9.10. The zero-order valence-corrected chi connectivity index (χ0v) is 15.5. The lowest BCUT2D eigenvalue weighted by molar-refractivity contribution is -0.248. The van der Waals surface area contributed by atoms with E-state index in [1.807, 2.05) is 0 Å². The molecule has 0 spiro atoms. The second kappa shape index (κ2) is 9.45. The molecule has 154 valence electrons. The number of unbranched alkanes of at least 4 members (excludes halogenated alkanes) is 2. The molecule has 0 aromatic heterocycles. The van der Waals surface area contributed by atoms with Crippen LogP contribution in [-0.4, -0.2) is 6.61 Å². The molecule has 0 amide bonds. The summed E-state index contributed by atoms with van der Waals surface area (Å²) >= 11 is 0. The maximum absolute atomic E-state index is 14.2. The van der Waals surface area contributed by atoms with Crippen molar-refractivity contribution in [3.05, 3.63) is 70.5 Å². The lowest BCUT2D eigenvalue weighted by Crippen LogP contribution is -2.20. The Morgan fingerprint density at radius 1 is 0.821 bits per heavy atom. The highest BCUT2D eigenvalue weighted by Crippen LogP contribution is 2.32. The van der Waals surface area contributed by atoms with Gasteiger partial charge in [0.2, 0.25) is 0 Å². The molecule has 0 unspecified atom stereocenters. The molecular formula is C21H22F6O. The number of hydrogen-bond acceptors (Lipinski definition) is 1. The number of alkyl halides is 5. The molecule has 0 aliphatic rings. The third kappa shape index (κ3) is 6.26. The van der Waals surface area contributed by atoms with Crippen molar-refractivity contribution >= 4 is 0 Å². The largest absolute Gasteiger partial charge is 0.419 e. The molecule has 0 saturated carbocycles. The van der Waals surface area contributed by atoms with E-state index in [2.05, 4.69) is 11.7 Å². The summed E-state index contributed by atoms with van der Waals surface area (Å²) in [6.45, 7) is 1.62. The fraction of sp³-hybridized carbons (Fsp3) is 0.429. The molecule has 2 rings (SSSR count). The fourth-order valence-electron chi connectivity index (χ4n) is 2.77. The van der Waals surface area contributed by atoms with Gasteiger partial charge in [0.25, 0.3) is 0 Å². The Morgan fingerprint density at radius 2 is 1.46 bits per heavy atom. The fourth-order valence-corrected chi connectivity index (χ4v) is 2.77. The maximum Gasteiger partial charge on any atom is 0.419 e. The van der Waals surface area contributed by atoms with E-state index in [-0.39, 0.29) is 17.5 Å². The van der Waals surface area contributed by atoms with Crippen molar-refractivity contribution in [1.29, 1.82) is 0 Å². The third-order valence-corrected chi connectivity index (χ3v) is 4.37. The van der Waals surface area contributed by atoms with Gasteiger partial charge >= 0.3 is 12.3 Å². The Morgan fingerprint density at radius 3 is 2.04 bits per heavy atom. The average molecular weight is 404 g/mol. The van der Waals surface area contributed by atoms with Crippen LogP contribution in [-0.2, 0) is 29.9 Å². The number of halogens is 6. The van der Waals surface area contributed by atoms with Crippen molar-refractivity contribution in [2.45, 2.75) is 51.3 Å². The zero-order chi connectivity index (χ0) is 20.8. The van der Waals surface area contributed by atoms with Gasteiger partial charge in [-0.05, 0) is 42.5 Å². The molecule has 0 saturated heterocycles. The molecule has 0 aliphatic heterocycles. The van der Waals surface area contributed by atoms with E-state index >= 15 is 0 Å². The minimum absolute atomic E-state index is 0.139. The lowest BCUT2D eigenvalue weighted by atomic mass is 10.0. The Kier molecular flexibility index (Phi) is 7.52. The van der Waals surface area contributed by atoms with Crippen LogP contribution in [0.4, 0.5) is 26.3 Å². The summed E-state index contributed by atoms with van der Waals surface area (Å²) in [4.78, 5) is 0. The smallest absolute Gasteiger partial charge is 0.316 e. The molecule has 0 radical (unpaired) electrons. The second-order valence-electron chi connectivity index (χ2n) is 6.58. The molecule has 0 N–H and O–H groups in total. The molecule has 0 aliphatic carbocycles. The van der Waals surface area contributed by atoms with Crippen molar-refractivity contribution in [3.8, 4) is 0 Å². The van der Waals surface area contributed by atoms with E-state index < -0.39 is 30.3 Å². The highest BCUT2D eigenvalue weighted by molar-refractivity contribution is 5.27. The molecule has 2 aromatic rings. The van der Waals surface area contributed by atoms with Gasteiger partial charge in [-0.15, -0.1) is 0 Å². The Labute approximate surface area is 160 Å². The minimum atomic E-state index is -4.80. The van der Waals surface area contributed by atoms with E-state index in [9.17, 15) is 26.3 Å². The molecule has 28 heavy (non-hydrogen) atoms. The molecular weight excluding hydrogens is 382 g/mol. The highest BCUT2D eigenvalue weighted by Gasteiger charge is 2.34. The van der Waals surface area contributed by atoms with Crippen LogP contribution < -0.4 is 0 Å². The Bertz CT molecular complexity index is 752. The minimum Gasteiger partial charge on any atom is -0.316 e. The van der Waals surface area contributed by atoms with Crippen LogP contribution >= 0.6 is 0 Å². The first-order valence-electron chi connectivity index (χ1n) is 9.10. The van der Waals surface area contributed by atoms with Crippen LogP contribution in [0.2, 0.25) is 0 Å². The molecule has 2 aromatic carbocycles. The average Bonchev–Trinajstić information content (AvgIpc) is 2.61. The molecule has 0 fully saturated rings. The molecule has 0 bridgehead atoms. The first-order chi connectivity index (χ1) is 13.1. The van der Waals surface area contributed by atoms with Crippen LogP contribution in [0, 0.1) is 5.82 Å². The van der Waals surface area contributed by atoms with Gasteiger partial charge in [0.05, 0.1) is 17.7 Å². The van der Waals surface area contributed by atoms with Gasteiger partial charge in [0.15, 0.2) is 0 Å². The first kappa shape index (κ1) is 22.3. The van der Waals surface area contributed by atoms with E-state index in [0.717, 1.165) is 37.3 Å². The van der Waals surface area contributed by atoms with Crippen molar-refractivity contribution in [2.24, 2.45) is 0 Å². The van der Waals surface area contributed by atoms with Gasteiger partial charge in [0.1, 0.15) is 5.82 Å². The topological polar surface area (TPSA) is 9.23 Å². The van der Waals surface area contributed by atoms with Gasteiger partial charge in [-0.3, -0.25) is 0 Å². The van der Waals surface area contributed by atoms with Gasteiger partial charge < -0.3 is 4.74 Å². The predicted molar refractivity (Wildman–Crippen MR) is 94.6 cm³/mol. The summed E-state index contributed by atoms with van der Waals surface area (Å²) in [5, 5.41) is 0. The number of hydrogen-bond donors (Lipinski definition) is 0. The summed E-state index contributed by atoms with van der Waals surface area (Å²) in [7, 11) is 0. The van der Waals surface area contributed by atoms with Crippen molar-refractivity contribution in [1.82, 2.24) is 0 Å². The Hall–Kier alpha value is -2.02. The lowest BCUT2D eigenvalue weighted by Gasteiger charge is -2.18. The molecule has 0 atom stereocenters. The van der Waals surface area contributed by atoms with Crippen LogP contribution in [0.3, 0.4) is 0 Å². The van der Waals surface area contributed by atoms with E-state index in [1.165, 1.54) is 12.1 Å². The van der Waals surface area contributed by atoms with Crippen LogP contribution in [0.25, 0.3) is 0 Å². The van der Waals surface area contributed by atoms with Crippen molar-refractivity contribution in [3.63, 3.8) is 0 Å². The molecule has 0 heterocycles. The number of ether oxygens (including phenoxy) is 1. The van der Waals surface area contributed by atoms with Crippen molar-refractivity contribution < 1.29 is 31.1 Å². The van der Waals surface area contributed by atoms with Gasteiger partial charge in [-0.2, -0.15) is 22.0 Å². The number of aryl methyl sites for hydroxylation is 1. The highest BCUT2D eigenvalue weighted by atomic mass is 19.4. The van der Waals surface area contributed by atoms with Crippen LogP contribution in [0.15, 0.2) is 42.5 Å². The van der Waals surface area contributed by atoms with E-state index in [0.29, 0.717) is 12.1 Å². The van der Waals surface area contributed by atoms with E-state index in [1.54, 1.807) is 12.1 Å². The van der Waals surface area contributed by atoms with Crippen LogP contribution in [0.5, 0.6) is 0 Å². The summed E-state index contributed by atoms with van der Waals surface area (Å²) in [6.07, 6.45) is -4.51. The zero-order valence-electron chi connectivity index (χ0n) is 15.5. The van der Waals surface area contributed by atoms with Gasteiger partial charge in [-0.1, -0.05) is 50.1 Å². The Balaban J connectivity index is 1.91. The summed E-state index contributed by atoms with van der Waals surface area (Å²) in [5.74, 6) is -1.43. The third-order valence-electron chi connectivity index (χ3n) is 4.37. The normalized spacial score (nSPS) is 12.4. The maximum atomic E-state index is 14.2. The monoisotopic (exact) mass is 404 g/mol. The molecule has 7 heteroatoms. The van der Waals surface area contributed by atoms with Gasteiger partial charge in [0, 0.05) is 0 Å². The standard InChI is InChI=1S/C21H22F6O/c1-2-3-4-5-15-6-9-17(10-7-15)21(26,27)28-13-12-16-8-11-18(19(22)14-16)20(23,24)25/h6-11,14H,2-5,12-13H2,1H3. The van der Waals surface area contributed by atoms with Crippen LogP contribution in [0.1, 0.15) is 48.4 Å². The number of benzene rings is 2. The quantitative estimate of drug-likeness (QED) is 0.327. The number of rotatable bonds is 9. The molecule has 1 nitrogen and oxygen atoms in total.